The summed E-state index contributed by atoms with van der Waals surface area (Å²) in [5.41, 5.74) is 1.24. The van der Waals surface area contributed by atoms with E-state index in [1.165, 1.54) is 57.0 Å². The van der Waals surface area contributed by atoms with Crippen LogP contribution in [0.5, 0.6) is 0 Å². The highest BCUT2D eigenvalue weighted by Crippen LogP contribution is 2.45. The molecule has 25 heteroatoms. The normalized spacial score (nSPS) is 15.8. The second kappa shape index (κ2) is 80.5. The summed E-state index contributed by atoms with van der Waals surface area (Å²) in [6, 6.07) is 7.92. The minimum atomic E-state index is -1.64. The summed E-state index contributed by atoms with van der Waals surface area (Å²) < 4.78 is 47.8. The fourth-order valence-corrected chi connectivity index (χ4v) is 58.3. The molecule has 1 saturated carbocycles. The van der Waals surface area contributed by atoms with Gasteiger partial charge >= 0.3 is 23.9 Å². The molecule has 0 bridgehead atoms. The highest BCUT2D eigenvalue weighted by atomic mass is 28.4. The van der Waals surface area contributed by atoms with Crippen molar-refractivity contribution in [1.82, 2.24) is 0 Å². The Morgan fingerprint density at radius 3 is 0.919 bits per heavy atom. The SMILES string of the molecule is C.C.C.C.C.C.C.C.C.C.C.C.C.C.C.C.CCC(C)(C)C(=O)OC(C[Si](C)(C)C)C[Si](C)(C)C.CCC(C)(C)C(=O)OC1CCC([Si](C)(C)C)CC1.CCC(C)(C)C(=O)OC1C[Si](C)(C)O[Si](C)(C)C1.CCC(C)(C)C(=O)OCCC[Si](C)(C)O[Si](C)(C)C.CCC(C)CC[Si](C)(C)C.CCC(C)C[Si](C)(C)O[Si](C)(C)C.CCC(C)[Si](C)(C)C(C)(C)C.CCC(C)[Si](C)(C)O[Si](C)(C)C. The zero-order chi connectivity index (χ0) is 97.1. The van der Waals surface area contributed by atoms with Gasteiger partial charge < -0.3 is 35.4 Å². The lowest BCUT2D eigenvalue weighted by Gasteiger charge is -2.43. The molecule has 4 atom stereocenters. The summed E-state index contributed by atoms with van der Waals surface area (Å²) in [5, 5.41) is 0.558. The van der Waals surface area contributed by atoms with Crippen LogP contribution < -0.4 is 0 Å². The van der Waals surface area contributed by atoms with Crippen molar-refractivity contribution in [3.8, 4) is 0 Å². The Morgan fingerprint density at radius 1 is 0.353 bits per heavy atom. The first kappa shape index (κ1) is 191. The molecule has 12 nitrogen and oxygen atoms in total. The van der Waals surface area contributed by atoms with Crippen LogP contribution in [0.2, 0.25) is 280 Å². The van der Waals surface area contributed by atoms with Crippen LogP contribution in [0.15, 0.2) is 0 Å². The molecule has 0 spiro atoms. The van der Waals surface area contributed by atoms with Crippen molar-refractivity contribution < 1.29 is 54.6 Å². The van der Waals surface area contributed by atoms with Crippen LogP contribution in [0, 0.1) is 33.5 Å². The van der Waals surface area contributed by atoms with E-state index >= 15 is 0 Å². The van der Waals surface area contributed by atoms with Crippen molar-refractivity contribution in [3.05, 3.63) is 0 Å². The Hall–Kier alpha value is 0.539. The minimum Gasteiger partial charge on any atom is -0.465 e. The molecule has 1 aliphatic carbocycles. The van der Waals surface area contributed by atoms with Crippen LogP contribution in [0.4, 0.5) is 0 Å². The topological polar surface area (TPSA) is 142 Å². The molecule has 0 aromatic rings. The third-order valence-corrected chi connectivity index (χ3v) is 67.3. The van der Waals surface area contributed by atoms with E-state index in [0.29, 0.717) is 11.6 Å². The van der Waals surface area contributed by atoms with E-state index in [9.17, 15) is 19.2 Å². The highest BCUT2D eigenvalue weighted by Gasteiger charge is 2.46. The predicted octanol–water partition coefficient (Wildman–Crippen LogP) is 44.0. The number of hydrogen-bond donors (Lipinski definition) is 0. The monoisotopic (exact) mass is 2170 g/mol. The number of hydrogen-bond acceptors (Lipinski definition) is 12. The fraction of sp³-hybridized carbons (Fsp3) is 0.964. The summed E-state index contributed by atoms with van der Waals surface area (Å²) in [6.45, 7) is 127. The lowest BCUT2D eigenvalue weighted by molar-refractivity contribution is -0.161. The first-order chi connectivity index (χ1) is 52.8. The smallest absolute Gasteiger partial charge is 0.311 e. The van der Waals surface area contributed by atoms with E-state index in [1.54, 1.807) is 0 Å². The number of ether oxygens (including phenoxy) is 4. The molecule has 1 aliphatic heterocycles. The van der Waals surface area contributed by atoms with Crippen molar-refractivity contribution in [1.29, 1.82) is 0 Å². The maximum absolute atomic E-state index is 12.3. The first-order valence-electron chi connectivity index (χ1n) is 48.4. The summed E-state index contributed by atoms with van der Waals surface area (Å²) in [5.74, 6) is 1.62. The molecule has 0 N–H and O–H groups in total. The van der Waals surface area contributed by atoms with E-state index in [2.05, 4.69) is 292 Å². The molecule has 852 valence electrons. The Balaban J connectivity index is -0.0000000542. The summed E-state index contributed by atoms with van der Waals surface area (Å²) >= 11 is 0. The third kappa shape index (κ3) is 97.9. The molecule has 0 aromatic heterocycles. The zero-order valence-electron chi connectivity index (χ0n) is 92.1. The first-order valence-corrected chi connectivity index (χ1v) is 91.9. The van der Waals surface area contributed by atoms with E-state index in [-0.39, 0.29) is 183 Å². The van der Waals surface area contributed by atoms with E-state index in [4.69, 9.17) is 35.4 Å². The fourth-order valence-electron chi connectivity index (χ4n) is 14.3. The van der Waals surface area contributed by atoms with Gasteiger partial charge in [-0.15, -0.1) is 0 Å². The van der Waals surface area contributed by atoms with Crippen molar-refractivity contribution >= 4 is 131 Å². The Morgan fingerprint density at radius 2 is 0.654 bits per heavy atom. The van der Waals surface area contributed by atoms with Crippen molar-refractivity contribution in [2.45, 2.75) is 666 Å². The Bertz CT molecular complexity index is 2750. The van der Waals surface area contributed by atoms with Gasteiger partial charge in [-0.1, -0.05) is 352 Å². The van der Waals surface area contributed by atoms with Gasteiger partial charge in [0.05, 0.1) is 42.4 Å². The molecular formula is C111H284O12Si13. The number of esters is 4. The maximum atomic E-state index is 12.3. The summed E-state index contributed by atoms with van der Waals surface area (Å²) in [7, 11) is -16.9. The quantitative estimate of drug-likeness (QED) is 0.0253. The summed E-state index contributed by atoms with van der Waals surface area (Å²) in [4.78, 5) is 48.3. The van der Waals surface area contributed by atoms with E-state index in [1.807, 2.05) is 83.1 Å². The van der Waals surface area contributed by atoms with E-state index < -0.39 is 107 Å². The van der Waals surface area contributed by atoms with Crippen LogP contribution >= 0.6 is 0 Å². The second-order valence-electron chi connectivity index (χ2n) is 51.7. The van der Waals surface area contributed by atoms with Gasteiger partial charge in [-0.2, -0.15) is 0 Å². The van der Waals surface area contributed by atoms with Gasteiger partial charge in [0.2, 0.25) is 0 Å². The van der Waals surface area contributed by atoms with Gasteiger partial charge in [0, 0.05) is 44.4 Å². The Kier molecular flexibility index (Phi) is 113. The largest absolute Gasteiger partial charge is 0.465 e. The number of carbonyl (C=O) groups is 4. The molecule has 0 aromatic carbocycles. The standard InChI is InChI=1S/C15H34O2Si2.C15H30O2Si.C14H32O3Si2.C13H28O3Si2.C10H26OSi2.C10H24Si.C9H24OSi2.C9H22Si.16CH4/c1-10-15(2,3)14(16)17-13(11-18(4,5)6)12-19(7,8)9;1-7-15(2,3)14(16)17-12-8-10-13(11-9-12)18(4,5)6;1-9-14(2,3)13(15)16-11-10-12-19(7,8)17-18(4,5)6;1-8-13(2,3)12(14)15-11-9-17(4,5)16-18(6,7)10-11;1-8-10(2)9-13(6,7)11-12(3,4)5;1-8-9(2)11(6,7)10(3,4)5;1-8-9(2)12(6,7)10-11(3,4)5;1-6-9(2)7-8-10(3,4)5;;;;;;;;;;;;;;;;/h13H,10-12H2,1-9H3;12-13H,7-11H2,1-6H3;9-12H2,1-8H3;11H,8-10H2,1-7H3;10H,8-9H2,1-7H3;9H,8H2,1-7H3;9H,8H2,1-7H3;9H,6-8H2,1-5H3;16*1H4. The maximum Gasteiger partial charge on any atom is 0.311 e. The lowest BCUT2D eigenvalue weighted by Crippen LogP contribution is -2.54. The van der Waals surface area contributed by atoms with Gasteiger partial charge in [-0.25, -0.2) is 0 Å². The van der Waals surface area contributed by atoms with Crippen LogP contribution in [0.25, 0.3) is 0 Å². The van der Waals surface area contributed by atoms with Gasteiger partial charge in [0.1, 0.15) is 12.2 Å². The molecule has 0 radical (unpaired) electrons. The van der Waals surface area contributed by atoms with Crippen molar-refractivity contribution in [2.24, 2.45) is 33.5 Å². The van der Waals surface area contributed by atoms with Gasteiger partial charge in [0.15, 0.2) is 66.5 Å². The molecule has 1 heterocycles. The summed E-state index contributed by atoms with van der Waals surface area (Å²) in [6.07, 6.45) is 15.9. The van der Waals surface area contributed by atoms with Crippen molar-refractivity contribution in [3.63, 3.8) is 0 Å². The molecule has 1 saturated heterocycles. The number of rotatable bonds is 37. The van der Waals surface area contributed by atoms with Crippen LogP contribution in [0.1, 0.15) is 368 Å². The predicted molar refractivity (Wildman–Crippen MR) is 680 cm³/mol. The molecule has 4 unspecified atom stereocenters. The third-order valence-electron chi connectivity index (χ3n) is 25.2. The molecule has 2 rings (SSSR count). The van der Waals surface area contributed by atoms with Gasteiger partial charge in [0.25, 0.3) is 0 Å². The lowest BCUT2D eigenvalue weighted by atomic mass is 9.90. The van der Waals surface area contributed by atoms with Crippen LogP contribution in [-0.2, 0) is 54.6 Å². The van der Waals surface area contributed by atoms with E-state index in [0.717, 1.165) is 104 Å². The Labute approximate surface area is 884 Å². The number of carbonyl (C=O) groups excluding carboxylic acids is 4. The molecule has 2 fully saturated rings. The van der Waals surface area contributed by atoms with Gasteiger partial charge in [-0.05, 0) is 295 Å². The van der Waals surface area contributed by atoms with Crippen molar-refractivity contribution in [2.75, 3.05) is 6.61 Å². The van der Waals surface area contributed by atoms with Gasteiger partial charge in [-0.3, -0.25) is 19.2 Å². The molecule has 0 amide bonds. The van der Waals surface area contributed by atoms with Crippen LogP contribution in [-0.4, -0.2) is 156 Å². The second-order valence-corrected chi connectivity index (χ2v) is 116. The zero-order valence-corrected chi connectivity index (χ0v) is 105. The molecular weight excluding hydrogens is 1890 g/mol. The minimum absolute atomic E-state index is 0. The average molecular weight is 2180 g/mol. The average Bonchev–Trinajstić information content (AvgIpc) is 0.778. The van der Waals surface area contributed by atoms with Crippen LogP contribution in [0.3, 0.4) is 0 Å². The highest BCUT2D eigenvalue weighted by molar-refractivity contribution is 6.87. The molecule has 136 heavy (non-hydrogen) atoms. The molecule has 2 aliphatic rings.